The van der Waals surface area contributed by atoms with Crippen molar-refractivity contribution in [1.82, 2.24) is 4.72 Å². The minimum absolute atomic E-state index is 0.0546. The molecule has 0 amide bonds. The lowest BCUT2D eigenvalue weighted by Gasteiger charge is -2.31. The number of rotatable bonds is 9. The minimum Gasteiger partial charge on any atom is -0.481 e. The topological polar surface area (TPSA) is 83.5 Å². The number of carboxylic acid groups (broad SMARTS) is 1. The minimum atomic E-state index is -3.52. The van der Waals surface area contributed by atoms with E-state index in [1.54, 1.807) is 24.3 Å². The average Bonchev–Trinajstić information content (AvgIpc) is 2.59. The molecule has 2 atom stereocenters. The fourth-order valence-corrected chi connectivity index (χ4v) is 4.89. The Balaban J connectivity index is 1.92. The molecule has 5 nitrogen and oxygen atoms in total. The van der Waals surface area contributed by atoms with Crippen molar-refractivity contribution in [2.24, 2.45) is 5.92 Å². The molecule has 144 valence electrons. The predicted molar refractivity (Wildman–Crippen MR) is 105 cm³/mol. The zero-order chi connectivity index (χ0) is 19.0. The van der Waals surface area contributed by atoms with Crippen LogP contribution in [0.15, 0.2) is 45.8 Å². The molecule has 0 heterocycles. The molecule has 0 saturated heterocycles. The Kier molecular flexibility index (Phi) is 8.31. The summed E-state index contributed by atoms with van der Waals surface area (Å²) in [4.78, 5) is 10.8. The van der Waals surface area contributed by atoms with Gasteiger partial charge >= 0.3 is 5.97 Å². The number of carboxylic acids is 1. The van der Waals surface area contributed by atoms with Crippen LogP contribution in [0.3, 0.4) is 0 Å². The molecule has 1 saturated carbocycles. The molecule has 0 aliphatic heterocycles. The van der Waals surface area contributed by atoms with Gasteiger partial charge in [-0.05, 0) is 62.3 Å². The van der Waals surface area contributed by atoms with Gasteiger partial charge in [0.05, 0.1) is 4.90 Å². The second-order valence-electron chi connectivity index (χ2n) is 6.72. The van der Waals surface area contributed by atoms with Crippen LogP contribution in [-0.4, -0.2) is 25.5 Å². The SMILES string of the molecule is O=C(O)CCCC=CCC1CCCCC1NS(=O)(=O)c1ccc(Br)cc1. The number of carbonyl (C=O) groups is 1. The number of hydrogen-bond donors (Lipinski definition) is 2. The first-order valence-corrected chi connectivity index (χ1v) is 11.3. The third-order valence-corrected chi connectivity index (χ3v) is 6.74. The lowest BCUT2D eigenvalue weighted by atomic mass is 9.83. The molecular formula is C19H26BrNO4S. The van der Waals surface area contributed by atoms with E-state index >= 15 is 0 Å². The van der Waals surface area contributed by atoms with Gasteiger partial charge < -0.3 is 5.11 Å². The van der Waals surface area contributed by atoms with Gasteiger partial charge in [0, 0.05) is 16.9 Å². The molecule has 2 unspecified atom stereocenters. The summed E-state index contributed by atoms with van der Waals surface area (Å²) in [5, 5.41) is 8.63. The third kappa shape index (κ3) is 6.85. The Morgan fingerprint density at radius 1 is 1.19 bits per heavy atom. The normalized spacial score (nSPS) is 21.1. The molecular weight excluding hydrogens is 418 g/mol. The summed E-state index contributed by atoms with van der Waals surface area (Å²) in [7, 11) is -3.52. The lowest BCUT2D eigenvalue weighted by Crippen LogP contribution is -2.41. The molecule has 7 heteroatoms. The second-order valence-corrected chi connectivity index (χ2v) is 9.35. The summed E-state index contributed by atoms with van der Waals surface area (Å²) in [6.45, 7) is 0. The Morgan fingerprint density at radius 2 is 1.88 bits per heavy atom. The number of nitrogens with one attached hydrogen (secondary N) is 1. The maximum Gasteiger partial charge on any atom is 0.303 e. The van der Waals surface area contributed by atoms with Crippen molar-refractivity contribution in [3.8, 4) is 0 Å². The number of benzene rings is 1. The second kappa shape index (κ2) is 10.2. The largest absolute Gasteiger partial charge is 0.481 e. The molecule has 0 spiro atoms. The van der Waals surface area contributed by atoms with E-state index in [0.717, 1.165) is 43.0 Å². The molecule has 0 bridgehead atoms. The molecule has 1 aromatic carbocycles. The summed E-state index contributed by atoms with van der Waals surface area (Å²) < 4.78 is 29.0. The molecule has 0 aromatic heterocycles. The number of aliphatic carboxylic acids is 1. The standard InChI is InChI=1S/C19H26BrNO4S/c20-16-11-13-17(14-12-16)26(24,25)21-18-9-6-5-8-15(18)7-3-1-2-4-10-19(22)23/h1,3,11-15,18,21H,2,4-10H2,(H,22,23). The molecule has 1 aliphatic carbocycles. The van der Waals surface area contributed by atoms with Crippen molar-refractivity contribution >= 4 is 31.9 Å². The van der Waals surface area contributed by atoms with E-state index in [2.05, 4.69) is 26.7 Å². The van der Waals surface area contributed by atoms with Crippen LogP contribution in [0.2, 0.25) is 0 Å². The Labute approximate surface area is 164 Å². The maximum atomic E-state index is 12.6. The van der Waals surface area contributed by atoms with Gasteiger partial charge in [0.1, 0.15) is 0 Å². The zero-order valence-electron chi connectivity index (χ0n) is 14.7. The van der Waals surface area contributed by atoms with Crippen molar-refractivity contribution in [3.63, 3.8) is 0 Å². The van der Waals surface area contributed by atoms with E-state index < -0.39 is 16.0 Å². The van der Waals surface area contributed by atoms with Gasteiger partial charge in [0.25, 0.3) is 0 Å². The lowest BCUT2D eigenvalue weighted by molar-refractivity contribution is -0.137. The van der Waals surface area contributed by atoms with Crippen LogP contribution < -0.4 is 4.72 Å². The van der Waals surface area contributed by atoms with Crippen LogP contribution in [-0.2, 0) is 14.8 Å². The van der Waals surface area contributed by atoms with E-state index in [9.17, 15) is 13.2 Å². The average molecular weight is 444 g/mol. The first-order chi connectivity index (χ1) is 12.4. The van der Waals surface area contributed by atoms with E-state index in [1.165, 1.54) is 0 Å². The highest BCUT2D eigenvalue weighted by Crippen LogP contribution is 2.29. The quantitative estimate of drug-likeness (QED) is 0.434. The Morgan fingerprint density at radius 3 is 2.58 bits per heavy atom. The monoisotopic (exact) mass is 443 g/mol. The summed E-state index contributed by atoms with van der Waals surface area (Å²) in [6, 6.07) is 6.61. The van der Waals surface area contributed by atoms with Gasteiger partial charge in [-0.2, -0.15) is 0 Å². The first-order valence-electron chi connectivity index (χ1n) is 9.03. The maximum absolute atomic E-state index is 12.6. The highest BCUT2D eigenvalue weighted by atomic mass is 79.9. The van der Waals surface area contributed by atoms with Crippen molar-refractivity contribution < 1.29 is 18.3 Å². The highest BCUT2D eigenvalue weighted by molar-refractivity contribution is 9.10. The molecule has 2 N–H and O–H groups in total. The molecule has 0 radical (unpaired) electrons. The summed E-state index contributed by atoms with van der Waals surface area (Å²) in [5.74, 6) is -0.488. The Bertz CT molecular complexity index is 716. The summed E-state index contributed by atoms with van der Waals surface area (Å²) >= 11 is 3.32. The van der Waals surface area contributed by atoms with Crippen LogP contribution in [0, 0.1) is 5.92 Å². The van der Waals surface area contributed by atoms with E-state index in [4.69, 9.17) is 5.11 Å². The number of sulfonamides is 1. The number of allylic oxidation sites excluding steroid dienone is 2. The number of unbranched alkanes of at least 4 members (excludes halogenated alkanes) is 1. The first kappa shape index (κ1) is 21.1. The fourth-order valence-electron chi connectivity index (χ4n) is 3.29. The zero-order valence-corrected chi connectivity index (χ0v) is 17.1. The van der Waals surface area contributed by atoms with E-state index in [-0.39, 0.29) is 23.3 Å². The molecule has 2 rings (SSSR count). The van der Waals surface area contributed by atoms with Crippen LogP contribution in [0.5, 0.6) is 0 Å². The summed E-state index contributed by atoms with van der Waals surface area (Å²) in [5.41, 5.74) is 0. The van der Waals surface area contributed by atoms with E-state index in [1.807, 2.05) is 6.08 Å². The van der Waals surface area contributed by atoms with Gasteiger partial charge in [-0.3, -0.25) is 4.79 Å². The predicted octanol–water partition coefficient (Wildman–Crippen LogP) is 4.49. The molecule has 1 aromatic rings. The van der Waals surface area contributed by atoms with Gasteiger partial charge in [0.2, 0.25) is 10.0 Å². The van der Waals surface area contributed by atoms with Crippen LogP contribution >= 0.6 is 15.9 Å². The van der Waals surface area contributed by atoms with Gasteiger partial charge in [-0.25, -0.2) is 13.1 Å². The van der Waals surface area contributed by atoms with Crippen LogP contribution in [0.1, 0.15) is 51.4 Å². The molecule has 1 fully saturated rings. The van der Waals surface area contributed by atoms with Gasteiger partial charge in [0.15, 0.2) is 0 Å². The van der Waals surface area contributed by atoms with E-state index in [0.29, 0.717) is 6.42 Å². The van der Waals surface area contributed by atoms with Crippen molar-refractivity contribution in [3.05, 3.63) is 40.9 Å². The molecule has 1 aliphatic rings. The summed E-state index contributed by atoms with van der Waals surface area (Å²) in [6.07, 6.45) is 10.5. The smallest absolute Gasteiger partial charge is 0.303 e. The van der Waals surface area contributed by atoms with Crippen molar-refractivity contribution in [2.45, 2.75) is 62.3 Å². The Hall–Kier alpha value is -1.18. The number of hydrogen-bond acceptors (Lipinski definition) is 3. The fraction of sp³-hybridized carbons (Fsp3) is 0.526. The third-order valence-electron chi connectivity index (χ3n) is 4.71. The number of halogens is 1. The van der Waals surface area contributed by atoms with Crippen LogP contribution in [0.4, 0.5) is 0 Å². The van der Waals surface area contributed by atoms with Crippen molar-refractivity contribution in [2.75, 3.05) is 0 Å². The van der Waals surface area contributed by atoms with Crippen LogP contribution in [0.25, 0.3) is 0 Å². The van der Waals surface area contributed by atoms with Gasteiger partial charge in [-0.15, -0.1) is 0 Å². The molecule has 26 heavy (non-hydrogen) atoms. The van der Waals surface area contributed by atoms with Gasteiger partial charge in [-0.1, -0.05) is 40.9 Å². The highest BCUT2D eigenvalue weighted by Gasteiger charge is 2.28. The van der Waals surface area contributed by atoms with Crippen molar-refractivity contribution in [1.29, 1.82) is 0 Å².